The number of aliphatic hydroxyl groups is 1. The van der Waals surface area contributed by atoms with Crippen molar-refractivity contribution >= 4 is 23.3 Å². The first kappa shape index (κ1) is 16.7. The molecule has 1 atom stereocenters. The minimum Gasteiger partial charge on any atom is -0.507 e. The summed E-state index contributed by atoms with van der Waals surface area (Å²) in [5.41, 5.74) is 1.18. The van der Waals surface area contributed by atoms with E-state index >= 15 is 0 Å². The van der Waals surface area contributed by atoms with Crippen molar-refractivity contribution in [2.75, 3.05) is 4.90 Å². The third-order valence-corrected chi connectivity index (χ3v) is 4.43. The minimum atomic E-state index is -0.780. The number of hydrogen-bond donors (Lipinski definition) is 1. The fraction of sp³-hybridized carbons (Fsp3) is 0.0476. The third-order valence-electron chi connectivity index (χ3n) is 4.43. The molecule has 1 aliphatic heterocycles. The van der Waals surface area contributed by atoms with Crippen molar-refractivity contribution in [1.29, 1.82) is 0 Å². The highest BCUT2D eigenvalue weighted by Crippen LogP contribution is 2.40. The van der Waals surface area contributed by atoms with E-state index in [1.54, 1.807) is 73.2 Å². The molecule has 6 heteroatoms. The number of carbonyl (C=O) groups is 2. The van der Waals surface area contributed by atoms with Gasteiger partial charge in [-0.3, -0.25) is 14.5 Å². The van der Waals surface area contributed by atoms with E-state index in [1.165, 1.54) is 4.90 Å². The molecule has 1 unspecified atom stereocenters. The second-order valence-corrected chi connectivity index (χ2v) is 6.06. The Morgan fingerprint density at radius 2 is 1.78 bits per heavy atom. The SMILES string of the molecule is O=C1C(=O)N(c2ccccn2)C(c2ccc[nH+]c2)C1=C(O)c1ccccc1. The number of ketones is 1. The monoisotopic (exact) mass is 358 g/mol. The molecule has 4 rings (SSSR count). The van der Waals surface area contributed by atoms with Gasteiger partial charge in [-0.05, 0) is 18.2 Å². The maximum absolute atomic E-state index is 12.8. The molecule has 0 spiro atoms. The van der Waals surface area contributed by atoms with Crippen LogP contribution in [-0.4, -0.2) is 21.8 Å². The largest absolute Gasteiger partial charge is 0.507 e. The zero-order valence-electron chi connectivity index (χ0n) is 14.2. The first-order valence-corrected chi connectivity index (χ1v) is 8.42. The van der Waals surface area contributed by atoms with Crippen LogP contribution in [0.1, 0.15) is 17.2 Å². The van der Waals surface area contributed by atoms with Gasteiger partial charge in [0.15, 0.2) is 12.4 Å². The summed E-state index contributed by atoms with van der Waals surface area (Å²) in [7, 11) is 0. The number of nitrogens with one attached hydrogen (secondary N) is 1. The highest BCUT2D eigenvalue weighted by molar-refractivity contribution is 6.51. The van der Waals surface area contributed by atoms with Crippen molar-refractivity contribution in [2.45, 2.75) is 6.04 Å². The van der Waals surface area contributed by atoms with Crippen LogP contribution in [0, 0.1) is 0 Å². The molecule has 0 aliphatic carbocycles. The molecule has 1 fully saturated rings. The van der Waals surface area contributed by atoms with Crippen LogP contribution >= 0.6 is 0 Å². The Morgan fingerprint density at radius 3 is 2.44 bits per heavy atom. The number of hydrogen-bond acceptors (Lipinski definition) is 4. The number of carbonyl (C=O) groups excluding carboxylic acids is 2. The summed E-state index contributed by atoms with van der Waals surface area (Å²) in [6, 6.07) is 16.6. The Morgan fingerprint density at radius 1 is 1.00 bits per heavy atom. The van der Waals surface area contributed by atoms with Gasteiger partial charge in [0, 0.05) is 23.4 Å². The number of rotatable bonds is 3. The molecular formula is C21H16N3O3+. The van der Waals surface area contributed by atoms with E-state index in [0.29, 0.717) is 16.9 Å². The Balaban J connectivity index is 1.95. The molecule has 1 amide bonds. The zero-order chi connectivity index (χ0) is 18.8. The van der Waals surface area contributed by atoms with E-state index in [4.69, 9.17) is 0 Å². The number of amides is 1. The molecule has 3 heterocycles. The zero-order valence-corrected chi connectivity index (χ0v) is 14.2. The molecule has 6 nitrogen and oxygen atoms in total. The van der Waals surface area contributed by atoms with Gasteiger partial charge >= 0.3 is 5.91 Å². The number of aliphatic hydroxyl groups excluding tert-OH is 1. The fourth-order valence-electron chi connectivity index (χ4n) is 3.21. The third kappa shape index (κ3) is 2.87. The highest BCUT2D eigenvalue weighted by atomic mass is 16.3. The quantitative estimate of drug-likeness (QED) is 0.443. The smallest absolute Gasteiger partial charge is 0.301 e. The van der Waals surface area contributed by atoms with Crippen molar-refractivity contribution in [2.24, 2.45) is 0 Å². The minimum absolute atomic E-state index is 0.0384. The van der Waals surface area contributed by atoms with Crippen molar-refractivity contribution in [3.63, 3.8) is 0 Å². The maximum Gasteiger partial charge on any atom is 0.301 e. The van der Waals surface area contributed by atoms with Gasteiger partial charge in [-0.1, -0.05) is 36.4 Å². The summed E-state index contributed by atoms with van der Waals surface area (Å²) in [4.78, 5) is 34.2. The van der Waals surface area contributed by atoms with Gasteiger partial charge in [0.25, 0.3) is 5.78 Å². The number of nitrogens with zero attached hydrogens (tertiary/aromatic N) is 2. The van der Waals surface area contributed by atoms with E-state index in [9.17, 15) is 14.7 Å². The van der Waals surface area contributed by atoms with Gasteiger partial charge in [0.05, 0.1) is 5.57 Å². The van der Waals surface area contributed by atoms with Crippen molar-refractivity contribution in [3.05, 3.63) is 96.0 Å². The number of benzene rings is 1. The second kappa shape index (κ2) is 6.84. The predicted octanol–water partition coefficient (Wildman–Crippen LogP) is 2.52. The Bertz CT molecular complexity index is 1020. The number of pyridine rings is 2. The average molecular weight is 358 g/mol. The molecule has 2 aromatic heterocycles. The summed E-state index contributed by atoms with van der Waals surface area (Å²) in [6.45, 7) is 0. The Hall–Kier alpha value is -3.80. The number of Topliss-reactive ketones (excluding diaryl/α,β-unsaturated/α-hetero) is 1. The van der Waals surface area contributed by atoms with E-state index in [2.05, 4.69) is 9.97 Å². The van der Waals surface area contributed by atoms with Gasteiger partial charge in [-0.2, -0.15) is 0 Å². The van der Waals surface area contributed by atoms with E-state index < -0.39 is 17.7 Å². The molecule has 3 aromatic rings. The van der Waals surface area contributed by atoms with Crippen LogP contribution in [0.25, 0.3) is 5.76 Å². The van der Waals surface area contributed by atoms with E-state index in [-0.39, 0.29) is 11.3 Å². The molecule has 0 radical (unpaired) electrons. The van der Waals surface area contributed by atoms with Crippen LogP contribution in [0.4, 0.5) is 5.82 Å². The molecule has 132 valence electrons. The normalized spacial score (nSPS) is 18.7. The van der Waals surface area contributed by atoms with Crippen LogP contribution in [0.2, 0.25) is 0 Å². The number of aromatic nitrogens is 2. The van der Waals surface area contributed by atoms with Gasteiger partial charge in [0.2, 0.25) is 0 Å². The summed E-state index contributed by atoms with van der Waals surface area (Å²) in [5, 5.41) is 10.9. The lowest BCUT2D eigenvalue weighted by atomic mass is 9.96. The van der Waals surface area contributed by atoms with Gasteiger partial charge in [-0.25, -0.2) is 9.97 Å². The van der Waals surface area contributed by atoms with Crippen LogP contribution in [0.3, 0.4) is 0 Å². The molecule has 1 aliphatic rings. The van der Waals surface area contributed by atoms with Crippen molar-refractivity contribution in [3.8, 4) is 0 Å². The van der Waals surface area contributed by atoms with E-state index in [0.717, 1.165) is 0 Å². The highest BCUT2D eigenvalue weighted by Gasteiger charge is 2.48. The first-order chi connectivity index (χ1) is 13.2. The predicted molar refractivity (Wildman–Crippen MR) is 98.5 cm³/mol. The van der Waals surface area contributed by atoms with Gasteiger partial charge in [-0.15, -0.1) is 0 Å². The summed E-state index contributed by atoms with van der Waals surface area (Å²) < 4.78 is 0. The summed E-state index contributed by atoms with van der Waals surface area (Å²) in [6.07, 6.45) is 4.98. The van der Waals surface area contributed by atoms with Crippen LogP contribution in [-0.2, 0) is 9.59 Å². The molecule has 2 N–H and O–H groups in total. The van der Waals surface area contributed by atoms with Gasteiger partial charge < -0.3 is 5.11 Å². The lowest BCUT2D eigenvalue weighted by Gasteiger charge is -2.23. The number of anilines is 1. The lowest BCUT2D eigenvalue weighted by Crippen LogP contribution is -2.30. The molecule has 1 aromatic carbocycles. The van der Waals surface area contributed by atoms with Crippen LogP contribution < -0.4 is 9.88 Å². The Labute approximate surface area is 155 Å². The number of H-pyrrole nitrogens is 1. The van der Waals surface area contributed by atoms with E-state index in [1.807, 2.05) is 6.07 Å². The standard InChI is InChI=1S/C21H15N3O3/c25-19(14-7-2-1-3-8-14)17-18(15-9-6-11-22-13-15)24(21(27)20(17)26)16-10-4-5-12-23-16/h1-13,18,25H/p+1. The molecule has 1 saturated heterocycles. The van der Waals surface area contributed by atoms with Crippen molar-refractivity contribution < 1.29 is 19.7 Å². The summed E-state index contributed by atoms with van der Waals surface area (Å²) >= 11 is 0. The van der Waals surface area contributed by atoms with Crippen molar-refractivity contribution in [1.82, 2.24) is 4.98 Å². The van der Waals surface area contributed by atoms with Crippen LogP contribution in [0.5, 0.6) is 0 Å². The molecule has 0 saturated carbocycles. The fourth-order valence-corrected chi connectivity index (χ4v) is 3.21. The Kier molecular flexibility index (Phi) is 4.22. The molecular weight excluding hydrogens is 342 g/mol. The molecule has 27 heavy (non-hydrogen) atoms. The average Bonchev–Trinajstić information content (AvgIpc) is 3.00. The first-order valence-electron chi connectivity index (χ1n) is 8.42. The molecule has 0 bridgehead atoms. The van der Waals surface area contributed by atoms with Gasteiger partial charge in [0.1, 0.15) is 17.6 Å². The topological polar surface area (TPSA) is 84.6 Å². The summed E-state index contributed by atoms with van der Waals surface area (Å²) in [5.74, 6) is -1.32. The lowest BCUT2D eigenvalue weighted by molar-refractivity contribution is -0.378. The second-order valence-electron chi connectivity index (χ2n) is 6.06. The van der Waals surface area contributed by atoms with Crippen LogP contribution in [0.15, 0.2) is 84.8 Å². The maximum atomic E-state index is 12.8. The number of aromatic amines is 1.